The average molecular weight is 506 g/mol. The number of esters is 1. The molecular weight excluding hydrogens is 469 g/mol. The Morgan fingerprint density at radius 3 is 2.69 bits per heavy atom. The number of amides is 1. The lowest BCUT2D eigenvalue weighted by atomic mass is 9.99. The van der Waals surface area contributed by atoms with Crippen LogP contribution in [0.25, 0.3) is 0 Å². The number of carbonyl (C=O) groups excluding carboxylic acids is 2. The van der Waals surface area contributed by atoms with Gasteiger partial charge in [0, 0.05) is 18.0 Å². The molecule has 0 saturated carbocycles. The molecule has 3 N–H and O–H groups in total. The largest absolute Gasteiger partial charge is 0.464 e. The van der Waals surface area contributed by atoms with Crippen LogP contribution in [0, 0.1) is 5.41 Å². The minimum absolute atomic E-state index is 0.121. The van der Waals surface area contributed by atoms with Crippen molar-refractivity contribution in [3.05, 3.63) is 54.4 Å². The summed E-state index contributed by atoms with van der Waals surface area (Å²) in [6.45, 7) is 8.36. The SMILES string of the molecule is CC(NP(OCC1CCC(N2C=CCC(C(N)=O)=C2)O1)Oc1ccccc1)C(=O)OCC(C)(C)C. The van der Waals surface area contributed by atoms with Crippen molar-refractivity contribution in [3.63, 3.8) is 0 Å². The van der Waals surface area contributed by atoms with Crippen molar-refractivity contribution in [1.29, 1.82) is 0 Å². The normalized spacial score (nSPS) is 21.8. The highest BCUT2D eigenvalue weighted by molar-refractivity contribution is 7.45. The topological polar surface area (TPSA) is 112 Å². The molecule has 1 amide bonds. The summed E-state index contributed by atoms with van der Waals surface area (Å²) in [6.07, 6.45) is 7.27. The van der Waals surface area contributed by atoms with E-state index >= 15 is 0 Å². The highest BCUT2D eigenvalue weighted by Crippen LogP contribution is 2.37. The summed E-state index contributed by atoms with van der Waals surface area (Å²) in [5.41, 5.74) is 5.85. The summed E-state index contributed by atoms with van der Waals surface area (Å²) in [6, 6.07) is 8.69. The highest BCUT2D eigenvalue weighted by Gasteiger charge is 2.31. The second-order valence-electron chi connectivity index (χ2n) is 9.82. The van der Waals surface area contributed by atoms with Crippen LogP contribution in [-0.4, -0.2) is 48.4 Å². The summed E-state index contributed by atoms with van der Waals surface area (Å²) in [5.74, 6) is -0.157. The molecule has 0 spiro atoms. The molecule has 0 aromatic heterocycles. The lowest BCUT2D eigenvalue weighted by Gasteiger charge is -2.27. The third kappa shape index (κ3) is 8.93. The molecule has 3 rings (SSSR count). The van der Waals surface area contributed by atoms with Crippen molar-refractivity contribution in [2.45, 2.75) is 65.3 Å². The van der Waals surface area contributed by atoms with E-state index < -0.39 is 20.5 Å². The fourth-order valence-electron chi connectivity index (χ4n) is 3.39. The second-order valence-corrected chi connectivity index (χ2v) is 11.0. The molecule has 192 valence electrons. The Labute approximate surface area is 208 Å². The van der Waals surface area contributed by atoms with E-state index in [-0.39, 0.29) is 30.3 Å². The predicted octanol–water partition coefficient (Wildman–Crippen LogP) is 3.97. The number of rotatable bonds is 11. The maximum absolute atomic E-state index is 12.5. The number of benzene rings is 1. The monoisotopic (exact) mass is 505 g/mol. The van der Waals surface area contributed by atoms with Gasteiger partial charge in [0.15, 0.2) is 0 Å². The molecule has 2 heterocycles. The number of ether oxygens (including phenoxy) is 2. The van der Waals surface area contributed by atoms with Crippen molar-refractivity contribution in [3.8, 4) is 5.75 Å². The molecule has 10 heteroatoms. The van der Waals surface area contributed by atoms with E-state index in [9.17, 15) is 9.59 Å². The van der Waals surface area contributed by atoms with Gasteiger partial charge < -0.3 is 29.2 Å². The zero-order valence-electron chi connectivity index (χ0n) is 20.8. The summed E-state index contributed by atoms with van der Waals surface area (Å²) in [5, 5.41) is 3.13. The van der Waals surface area contributed by atoms with E-state index in [0.717, 1.165) is 12.8 Å². The van der Waals surface area contributed by atoms with Crippen molar-refractivity contribution in [2.24, 2.45) is 11.1 Å². The standard InChI is InChI=1S/C25H36N3O6P/c1-18(24(30)31-17-25(2,3)4)27-35(34-20-10-6-5-7-11-20)32-16-21-12-13-22(33-21)28-14-8-9-19(15-28)23(26)29/h5-8,10-11,14-15,18,21-22,27H,9,12-13,16-17H2,1-4H3,(H2,26,29). The molecule has 0 aliphatic carbocycles. The number of hydrogen-bond acceptors (Lipinski definition) is 8. The number of carbonyl (C=O) groups is 2. The summed E-state index contributed by atoms with van der Waals surface area (Å²) < 4.78 is 23.6. The number of allylic oxidation sites excluding steroid dienone is 1. The smallest absolute Gasteiger partial charge is 0.323 e. The van der Waals surface area contributed by atoms with Crippen LogP contribution >= 0.6 is 8.53 Å². The first kappa shape index (κ1) is 27.1. The van der Waals surface area contributed by atoms with Crippen molar-refractivity contribution >= 4 is 20.4 Å². The molecule has 0 bridgehead atoms. The van der Waals surface area contributed by atoms with E-state index in [1.807, 2.05) is 68.3 Å². The van der Waals surface area contributed by atoms with Crippen LogP contribution in [0.3, 0.4) is 0 Å². The van der Waals surface area contributed by atoms with Crippen LogP contribution in [-0.2, 0) is 23.6 Å². The van der Waals surface area contributed by atoms with Crippen LogP contribution in [0.15, 0.2) is 54.4 Å². The van der Waals surface area contributed by atoms with Crippen LogP contribution in [0.1, 0.15) is 47.0 Å². The Morgan fingerprint density at radius 2 is 2.00 bits per heavy atom. The van der Waals surface area contributed by atoms with E-state index in [0.29, 0.717) is 24.4 Å². The predicted molar refractivity (Wildman–Crippen MR) is 134 cm³/mol. The van der Waals surface area contributed by atoms with Crippen LogP contribution in [0.4, 0.5) is 0 Å². The molecule has 1 fully saturated rings. The Morgan fingerprint density at radius 1 is 1.26 bits per heavy atom. The van der Waals surface area contributed by atoms with E-state index in [1.54, 1.807) is 13.1 Å². The zero-order valence-corrected chi connectivity index (χ0v) is 21.7. The number of para-hydroxylation sites is 1. The third-order valence-electron chi connectivity index (χ3n) is 5.26. The molecule has 0 radical (unpaired) electrons. The van der Waals surface area contributed by atoms with Crippen molar-refractivity contribution < 1.29 is 28.1 Å². The van der Waals surface area contributed by atoms with Gasteiger partial charge in [0.25, 0.3) is 0 Å². The number of hydrogen-bond donors (Lipinski definition) is 2. The molecule has 4 unspecified atom stereocenters. The van der Waals surface area contributed by atoms with Gasteiger partial charge >= 0.3 is 14.5 Å². The molecule has 9 nitrogen and oxygen atoms in total. The Bertz CT molecular complexity index is 918. The number of nitrogens with one attached hydrogen (secondary N) is 1. The maximum atomic E-state index is 12.5. The van der Waals surface area contributed by atoms with Gasteiger partial charge in [-0.1, -0.05) is 45.0 Å². The Hall–Kier alpha value is -2.45. The summed E-state index contributed by atoms with van der Waals surface area (Å²) in [7, 11) is -1.64. The zero-order chi connectivity index (χ0) is 25.4. The van der Waals surface area contributed by atoms with Gasteiger partial charge in [-0.25, -0.2) is 5.09 Å². The van der Waals surface area contributed by atoms with Crippen molar-refractivity contribution in [2.75, 3.05) is 13.2 Å². The molecule has 4 atom stereocenters. The minimum Gasteiger partial charge on any atom is -0.464 e. The third-order valence-corrected chi connectivity index (χ3v) is 6.62. The first-order valence-electron chi connectivity index (χ1n) is 11.8. The van der Waals surface area contributed by atoms with E-state index in [4.69, 9.17) is 24.3 Å². The molecule has 1 saturated heterocycles. The quantitative estimate of drug-likeness (QED) is 0.343. The Balaban J connectivity index is 1.55. The molecule has 35 heavy (non-hydrogen) atoms. The van der Waals surface area contributed by atoms with Crippen LogP contribution in [0.5, 0.6) is 5.75 Å². The van der Waals surface area contributed by atoms with E-state index in [1.165, 1.54) is 0 Å². The summed E-state index contributed by atoms with van der Waals surface area (Å²) in [4.78, 5) is 25.9. The fourth-order valence-corrected chi connectivity index (χ4v) is 4.61. The van der Waals surface area contributed by atoms with Crippen LogP contribution < -0.4 is 15.3 Å². The lowest BCUT2D eigenvalue weighted by molar-refractivity contribution is -0.148. The first-order chi connectivity index (χ1) is 16.6. The van der Waals surface area contributed by atoms with Crippen molar-refractivity contribution in [1.82, 2.24) is 9.99 Å². The molecule has 1 aromatic rings. The van der Waals surface area contributed by atoms with E-state index in [2.05, 4.69) is 5.09 Å². The molecular formula is C25H36N3O6P. The Kier molecular flexibility index (Phi) is 9.69. The van der Waals surface area contributed by atoms with Gasteiger partial charge in [0.2, 0.25) is 5.91 Å². The van der Waals surface area contributed by atoms with Gasteiger partial charge in [-0.05, 0) is 43.7 Å². The number of nitrogens with two attached hydrogens (primary N) is 1. The van der Waals surface area contributed by atoms with Gasteiger partial charge in [-0.2, -0.15) is 0 Å². The molecule has 1 aromatic carbocycles. The molecule has 2 aliphatic rings. The van der Waals surface area contributed by atoms with Gasteiger partial charge in [-0.3, -0.25) is 9.59 Å². The maximum Gasteiger partial charge on any atom is 0.323 e. The number of nitrogens with zero attached hydrogens (tertiary/aromatic N) is 1. The minimum atomic E-state index is -1.64. The average Bonchev–Trinajstić information content (AvgIpc) is 3.30. The van der Waals surface area contributed by atoms with Crippen LogP contribution in [0.2, 0.25) is 0 Å². The second kappa shape index (κ2) is 12.5. The fraction of sp³-hybridized carbons (Fsp3) is 0.520. The first-order valence-corrected chi connectivity index (χ1v) is 13.0. The van der Waals surface area contributed by atoms with Gasteiger partial charge in [-0.15, -0.1) is 0 Å². The highest BCUT2D eigenvalue weighted by atomic mass is 31.2. The lowest BCUT2D eigenvalue weighted by Crippen LogP contribution is -2.35. The number of primary amides is 1. The van der Waals surface area contributed by atoms with Gasteiger partial charge in [0.1, 0.15) is 18.0 Å². The molecule has 2 aliphatic heterocycles. The van der Waals surface area contributed by atoms with Gasteiger partial charge in [0.05, 0.1) is 19.3 Å². The summed E-state index contributed by atoms with van der Waals surface area (Å²) >= 11 is 0.